The molecule has 0 aliphatic carbocycles. The van der Waals surface area contributed by atoms with Crippen LogP contribution in [-0.4, -0.2) is 36.5 Å². The third-order valence-corrected chi connectivity index (χ3v) is 4.32. The molecule has 24 heavy (non-hydrogen) atoms. The van der Waals surface area contributed by atoms with Crippen molar-refractivity contribution >= 4 is 11.9 Å². The lowest BCUT2D eigenvalue weighted by atomic mass is 10.1. The first-order chi connectivity index (χ1) is 11.7. The first-order valence-electron chi connectivity index (χ1n) is 10.1. The predicted molar refractivity (Wildman–Crippen MR) is 99.9 cm³/mol. The Balaban J connectivity index is 0.00000254. The monoisotopic (exact) mass is 341 g/mol. The molecule has 1 heterocycles. The number of hydrogen-bond donors (Lipinski definition) is 0. The summed E-state index contributed by atoms with van der Waals surface area (Å²) in [6.45, 7) is 10.1. The van der Waals surface area contributed by atoms with Crippen LogP contribution in [0.25, 0.3) is 0 Å². The van der Waals surface area contributed by atoms with Crippen LogP contribution in [0.1, 0.15) is 91.9 Å². The topological polar surface area (TPSA) is 46.6 Å². The standard InChI is InChI=1S/C18H33NO3.C2H6/c1-3-5-7-8-9-10-11-12-19-15-16(14-17(19)20)18(21)22-13-6-4-2;1-2/h16H,3-15H2,1-2H3;1-2H3. The molecular weight excluding hydrogens is 302 g/mol. The summed E-state index contributed by atoms with van der Waals surface area (Å²) < 4.78 is 5.23. The second-order valence-corrected chi connectivity index (χ2v) is 6.38. The van der Waals surface area contributed by atoms with Gasteiger partial charge in [0.15, 0.2) is 0 Å². The Morgan fingerprint density at radius 3 is 2.21 bits per heavy atom. The van der Waals surface area contributed by atoms with Gasteiger partial charge in [0.05, 0.1) is 12.5 Å². The van der Waals surface area contributed by atoms with Gasteiger partial charge in [-0.3, -0.25) is 9.59 Å². The highest BCUT2D eigenvalue weighted by Crippen LogP contribution is 2.20. The lowest BCUT2D eigenvalue weighted by molar-refractivity contribution is -0.148. The molecule has 142 valence electrons. The molecule has 0 aromatic rings. The van der Waals surface area contributed by atoms with Crippen molar-refractivity contribution in [3.8, 4) is 0 Å². The fourth-order valence-electron chi connectivity index (χ4n) is 2.84. The van der Waals surface area contributed by atoms with Crippen molar-refractivity contribution in [3.05, 3.63) is 0 Å². The van der Waals surface area contributed by atoms with Gasteiger partial charge in [0, 0.05) is 19.5 Å². The second-order valence-electron chi connectivity index (χ2n) is 6.38. The van der Waals surface area contributed by atoms with Crippen molar-refractivity contribution in [2.45, 2.75) is 91.9 Å². The Kier molecular flexibility index (Phi) is 14.8. The maximum Gasteiger partial charge on any atom is 0.311 e. The molecule has 1 amide bonds. The van der Waals surface area contributed by atoms with E-state index in [-0.39, 0.29) is 17.8 Å². The van der Waals surface area contributed by atoms with Gasteiger partial charge in [-0.25, -0.2) is 0 Å². The van der Waals surface area contributed by atoms with Crippen LogP contribution in [0.4, 0.5) is 0 Å². The molecule has 1 unspecified atom stereocenters. The van der Waals surface area contributed by atoms with E-state index in [1.54, 1.807) is 0 Å². The number of carbonyl (C=O) groups is 2. The van der Waals surface area contributed by atoms with Gasteiger partial charge in [-0.2, -0.15) is 0 Å². The van der Waals surface area contributed by atoms with Gasteiger partial charge in [-0.1, -0.05) is 72.6 Å². The van der Waals surface area contributed by atoms with E-state index in [1.807, 2.05) is 18.7 Å². The molecule has 1 aliphatic rings. The van der Waals surface area contributed by atoms with E-state index in [4.69, 9.17) is 4.74 Å². The molecule has 4 heteroatoms. The SMILES string of the molecule is CC.CCCCCCCCCN1CC(C(=O)OCCCC)CC1=O. The summed E-state index contributed by atoms with van der Waals surface area (Å²) in [6, 6.07) is 0. The van der Waals surface area contributed by atoms with Crippen molar-refractivity contribution in [2.24, 2.45) is 5.92 Å². The van der Waals surface area contributed by atoms with Crippen LogP contribution < -0.4 is 0 Å². The zero-order chi connectivity index (χ0) is 18.2. The largest absolute Gasteiger partial charge is 0.465 e. The highest BCUT2D eigenvalue weighted by atomic mass is 16.5. The smallest absolute Gasteiger partial charge is 0.311 e. The number of ether oxygens (including phenoxy) is 1. The minimum absolute atomic E-state index is 0.114. The lowest BCUT2D eigenvalue weighted by Crippen LogP contribution is -2.27. The average molecular weight is 342 g/mol. The highest BCUT2D eigenvalue weighted by molar-refractivity contribution is 5.86. The highest BCUT2D eigenvalue weighted by Gasteiger charge is 2.34. The van der Waals surface area contributed by atoms with E-state index in [1.165, 1.54) is 38.5 Å². The molecule has 0 bridgehead atoms. The van der Waals surface area contributed by atoms with Crippen molar-refractivity contribution in [1.29, 1.82) is 0 Å². The Labute approximate surface area is 149 Å². The lowest BCUT2D eigenvalue weighted by Gasteiger charge is -2.16. The summed E-state index contributed by atoms with van der Waals surface area (Å²) in [5, 5.41) is 0. The van der Waals surface area contributed by atoms with Gasteiger partial charge in [0.25, 0.3) is 0 Å². The molecule has 1 atom stereocenters. The number of amides is 1. The van der Waals surface area contributed by atoms with Gasteiger partial charge in [-0.05, 0) is 12.8 Å². The summed E-state index contributed by atoms with van der Waals surface area (Å²) in [4.78, 5) is 25.7. The van der Waals surface area contributed by atoms with E-state index in [2.05, 4.69) is 13.8 Å². The molecule has 0 aromatic heterocycles. The van der Waals surface area contributed by atoms with E-state index < -0.39 is 0 Å². The molecule has 0 saturated carbocycles. The van der Waals surface area contributed by atoms with E-state index in [0.29, 0.717) is 19.6 Å². The number of carbonyl (C=O) groups excluding carboxylic acids is 2. The number of esters is 1. The minimum Gasteiger partial charge on any atom is -0.465 e. The van der Waals surface area contributed by atoms with Crippen LogP contribution in [0.5, 0.6) is 0 Å². The summed E-state index contributed by atoms with van der Waals surface area (Å²) >= 11 is 0. The quantitative estimate of drug-likeness (QED) is 0.372. The maximum atomic E-state index is 11.9. The molecule has 1 aliphatic heterocycles. The number of unbranched alkanes of at least 4 members (excludes halogenated alkanes) is 7. The second kappa shape index (κ2) is 15.5. The molecular formula is C20H39NO3. The molecule has 0 radical (unpaired) electrons. The Morgan fingerprint density at radius 2 is 1.58 bits per heavy atom. The molecule has 4 nitrogen and oxygen atoms in total. The Hall–Kier alpha value is -1.06. The number of likely N-dealkylation sites (tertiary alicyclic amines) is 1. The number of nitrogens with zero attached hydrogens (tertiary/aromatic N) is 1. The maximum absolute atomic E-state index is 11.9. The molecule has 0 spiro atoms. The fraction of sp³-hybridized carbons (Fsp3) is 0.900. The van der Waals surface area contributed by atoms with Crippen molar-refractivity contribution in [2.75, 3.05) is 19.7 Å². The van der Waals surface area contributed by atoms with Crippen LogP contribution in [0.3, 0.4) is 0 Å². The van der Waals surface area contributed by atoms with E-state index >= 15 is 0 Å². The molecule has 1 saturated heterocycles. The van der Waals surface area contributed by atoms with E-state index in [0.717, 1.165) is 25.8 Å². The summed E-state index contributed by atoms with van der Waals surface area (Å²) in [5.74, 6) is -0.318. The van der Waals surface area contributed by atoms with Crippen LogP contribution in [0.15, 0.2) is 0 Å². The molecule has 1 rings (SSSR count). The Bertz CT molecular complexity index is 331. The summed E-state index contributed by atoms with van der Waals surface area (Å²) in [7, 11) is 0. The van der Waals surface area contributed by atoms with Crippen molar-refractivity contribution in [1.82, 2.24) is 4.90 Å². The molecule has 0 aromatic carbocycles. The summed E-state index contributed by atoms with van der Waals surface area (Å²) in [5.41, 5.74) is 0. The molecule has 0 N–H and O–H groups in total. The minimum atomic E-state index is -0.242. The van der Waals surface area contributed by atoms with Gasteiger partial charge in [-0.15, -0.1) is 0 Å². The first-order valence-corrected chi connectivity index (χ1v) is 10.1. The van der Waals surface area contributed by atoms with Crippen LogP contribution in [0, 0.1) is 5.92 Å². The summed E-state index contributed by atoms with van der Waals surface area (Å²) in [6.07, 6.45) is 11.0. The third-order valence-electron chi connectivity index (χ3n) is 4.32. The van der Waals surface area contributed by atoms with Gasteiger partial charge in [0.2, 0.25) is 5.91 Å². The van der Waals surface area contributed by atoms with Gasteiger partial charge >= 0.3 is 5.97 Å². The van der Waals surface area contributed by atoms with Gasteiger partial charge in [0.1, 0.15) is 0 Å². The van der Waals surface area contributed by atoms with Gasteiger partial charge < -0.3 is 9.64 Å². The molecule has 1 fully saturated rings. The normalized spacial score (nSPS) is 16.8. The zero-order valence-corrected chi connectivity index (χ0v) is 16.4. The predicted octanol–water partition coefficient (Wildman–Crippen LogP) is 4.96. The first kappa shape index (κ1) is 22.9. The van der Waals surface area contributed by atoms with Crippen LogP contribution >= 0.6 is 0 Å². The zero-order valence-electron chi connectivity index (χ0n) is 16.4. The number of rotatable bonds is 12. The third kappa shape index (κ3) is 9.94. The van der Waals surface area contributed by atoms with Crippen molar-refractivity contribution < 1.29 is 14.3 Å². The van der Waals surface area contributed by atoms with E-state index in [9.17, 15) is 9.59 Å². The van der Waals surface area contributed by atoms with Crippen LogP contribution in [0.2, 0.25) is 0 Å². The number of hydrogen-bond acceptors (Lipinski definition) is 3. The van der Waals surface area contributed by atoms with Crippen LogP contribution in [-0.2, 0) is 14.3 Å². The Morgan fingerprint density at radius 1 is 1.00 bits per heavy atom. The van der Waals surface area contributed by atoms with Crippen molar-refractivity contribution in [3.63, 3.8) is 0 Å². The average Bonchev–Trinajstić information content (AvgIpc) is 2.97. The fourth-order valence-corrected chi connectivity index (χ4v) is 2.84.